The molecule has 0 saturated heterocycles. The van der Waals surface area contributed by atoms with E-state index in [2.05, 4.69) is 10.3 Å². The molecular weight excluding hydrogens is 209 g/mol. The molecule has 0 aliphatic rings. The summed E-state index contributed by atoms with van der Waals surface area (Å²) in [5.74, 6) is 0. The van der Waals surface area contributed by atoms with Gasteiger partial charge in [-0.05, 0) is 30.8 Å². The highest BCUT2D eigenvalue weighted by Crippen LogP contribution is 1.99. The lowest BCUT2D eigenvalue weighted by atomic mass is 10.2. The van der Waals surface area contributed by atoms with Gasteiger partial charge in [-0.2, -0.15) is 4.94 Å². The summed E-state index contributed by atoms with van der Waals surface area (Å²) in [7, 11) is 0. The van der Waals surface area contributed by atoms with Gasteiger partial charge in [0.25, 0.3) is 0 Å². The number of nitrogens with one attached hydrogen (secondary N) is 1. The molecular formula is C12H28FNO2. The number of unbranched alkanes of at least 4 members (excludes halogenated alkanes) is 3. The first-order valence-corrected chi connectivity index (χ1v) is 6.43. The largest absolute Gasteiger partial charge is 0.380 e. The van der Waals surface area contributed by atoms with Crippen LogP contribution in [0.1, 0.15) is 46.5 Å². The Balaban J connectivity index is 0. The minimum Gasteiger partial charge on any atom is -0.380 e. The zero-order valence-electron chi connectivity index (χ0n) is 11.1. The summed E-state index contributed by atoms with van der Waals surface area (Å²) >= 11 is 0. The number of ether oxygens (including phenoxy) is 1. The first-order chi connectivity index (χ1) is 7.91. The van der Waals surface area contributed by atoms with Crippen LogP contribution in [0.2, 0.25) is 0 Å². The highest BCUT2D eigenvalue weighted by molar-refractivity contribution is 4.48. The summed E-state index contributed by atoms with van der Waals surface area (Å²) < 4.78 is 16.4. The Bertz CT molecular complexity index is 93.0. The predicted molar refractivity (Wildman–Crippen MR) is 66.2 cm³/mol. The molecule has 0 bridgehead atoms. The van der Waals surface area contributed by atoms with E-state index in [4.69, 9.17) is 4.74 Å². The fourth-order valence-corrected chi connectivity index (χ4v) is 1.17. The van der Waals surface area contributed by atoms with Crippen molar-refractivity contribution < 1.29 is 14.2 Å². The van der Waals surface area contributed by atoms with Crippen molar-refractivity contribution in [1.29, 1.82) is 0 Å². The average Bonchev–Trinajstić information content (AvgIpc) is 2.34. The first kappa shape index (κ1) is 18.2. The van der Waals surface area contributed by atoms with Crippen LogP contribution in [0.3, 0.4) is 0 Å². The topological polar surface area (TPSA) is 30.5 Å². The van der Waals surface area contributed by atoms with Gasteiger partial charge in [-0.1, -0.05) is 26.7 Å². The lowest BCUT2D eigenvalue weighted by molar-refractivity contribution is -0.133. The molecule has 4 heteroatoms. The maximum Gasteiger partial charge on any atom is 0.0876 e. The van der Waals surface area contributed by atoms with E-state index < -0.39 is 0 Å². The molecule has 0 aliphatic heterocycles. The summed E-state index contributed by atoms with van der Waals surface area (Å²) in [6.45, 7) is 9.73. The van der Waals surface area contributed by atoms with Crippen LogP contribution in [0.4, 0.5) is 4.53 Å². The minimum atomic E-state index is 0.234. The van der Waals surface area contributed by atoms with Crippen molar-refractivity contribution in [2.75, 3.05) is 32.9 Å². The first-order valence-electron chi connectivity index (χ1n) is 6.43. The number of rotatable bonds is 11. The van der Waals surface area contributed by atoms with Crippen LogP contribution in [0.15, 0.2) is 0 Å². The van der Waals surface area contributed by atoms with Gasteiger partial charge >= 0.3 is 0 Å². The van der Waals surface area contributed by atoms with Crippen molar-refractivity contribution in [3.8, 4) is 0 Å². The van der Waals surface area contributed by atoms with Gasteiger partial charge in [0.15, 0.2) is 0 Å². The van der Waals surface area contributed by atoms with Gasteiger partial charge in [0, 0.05) is 13.2 Å². The second-order valence-electron chi connectivity index (χ2n) is 3.17. The van der Waals surface area contributed by atoms with Crippen LogP contribution < -0.4 is 5.32 Å². The normalized spacial score (nSPS) is 9.75. The number of halogens is 1. The number of hydrogen-bond donors (Lipinski definition) is 1. The lowest BCUT2D eigenvalue weighted by Gasteiger charge is -2.04. The molecule has 0 rings (SSSR count). The second kappa shape index (κ2) is 20.3. The van der Waals surface area contributed by atoms with Crippen LogP contribution in [0.5, 0.6) is 0 Å². The fourth-order valence-electron chi connectivity index (χ4n) is 1.17. The molecule has 0 amide bonds. The Labute approximate surface area is 99.6 Å². The Kier molecular flexibility index (Phi) is 23.0. The summed E-state index contributed by atoms with van der Waals surface area (Å²) in [6, 6.07) is 0. The van der Waals surface area contributed by atoms with Crippen molar-refractivity contribution in [3.05, 3.63) is 0 Å². The standard InChI is InChI=1S/C10H22FNO2.C2H6/c1-2-13-10-8-12-7-5-3-4-6-9-14-11;1-2/h12H,2-10H2,1H3;1-2H3. The molecule has 1 N–H and O–H groups in total. The van der Waals surface area contributed by atoms with Gasteiger partial charge in [0.2, 0.25) is 0 Å². The van der Waals surface area contributed by atoms with Crippen LogP contribution in [0.25, 0.3) is 0 Å². The fraction of sp³-hybridized carbons (Fsp3) is 1.00. The Morgan fingerprint density at radius 2 is 1.62 bits per heavy atom. The molecule has 100 valence electrons. The van der Waals surface area contributed by atoms with E-state index in [1.54, 1.807) is 0 Å². The highest BCUT2D eigenvalue weighted by Gasteiger charge is 1.91. The molecule has 16 heavy (non-hydrogen) atoms. The number of hydrogen-bond acceptors (Lipinski definition) is 3. The van der Waals surface area contributed by atoms with Crippen molar-refractivity contribution in [2.24, 2.45) is 0 Å². The third-order valence-electron chi connectivity index (χ3n) is 1.95. The molecule has 0 atom stereocenters. The highest BCUT2D eigenvalue weighted by atomic mass is 19.3. The van der Waals surface area contributed by atoms with Crippen LogP contribution in [-0.4, -0.2) is 32.9 Å². The van der Waals surface area contributed by atoms with Gasteiger partial charge in [-0.15, -0.1) is 0 Å². The van der Waals surface area contributed by atoms with Gasteiger partial charge in [0.05, 0.1) is 13.2 Å². The predicted octanol–water partition coefficient (Wildman–Crippen LogP) is 3.10. The van der Waals surface area contributed by atoms with E-state index in [1.807, 2.05) is 20.8 Å². The Morgan fingerprint density at radius 1 is 0.938 bits per heavy atom. The second-order valence-corrected chi connectivity index (χ2v) is 3.17. The molecule has 0 fully saturated rings. The van der Waals surface area contributed by atoms with E-state index in [-0.39, 0.29) is 6.61 Å². The molecule has 0 aromatic heterocycles. The summed E-state index contributed by atoms with van der Waals surface area (Å²) in [5, 5.41) is 3.28. The van der Waals surface area contributed by atoms with Gasteiger partial charge < -0.3 is 10.1 Å². The van der Waals surface area contributed by atoms with Gasteiger partial charge in [-0.25, -0.2) is 0 Å². The minimum absolute atomic E-state index is 0.234. The monoisotopic (exact) mass is 237 g/mol. The van der Waals surface area contributed by atoms with E-state index in [9.17, 15) is 4.53 Å². The Hall–Kier alpha value is -0.190. The third kappa shape index (κ3) is 19.4. The molecule has 0 aliphatic carbocycles. The summed E-state index contributed by atoms with van der Waals surface area (Å²) in [6.07, 6.45) is 4.12. The van der Waals surface area contributed by atoms with Gasteiger partial charge in [-0.3, -0.25) is 0 Å². The molecule has 0 radical (unpaired) electrons. The van der Waals surface area contributed by atoms with Crippen molar-refractivity contribution >= 4 is 0 Å². The van der Waals surface area contributed by atoms with Crippen LogP contribution in [-0.2, 0) is 9.68 Å². The maximum absolute atomic E-state index is 11.2. The van der Waals surface area contributed by atoms with Crippen LogP contribution in [0, 0.1) is 0 Å². The van der Waals surface area contributed by atoms with Crippen molar-refractivity contribution in [1.82, 2.24) is 5.32 Å². The zero-order valence-corrected chi connectivity index (χ0v) is 11.1. The smallest absolute Gasteiger partial charge is 0.0876 e. The summed E-state index contributed by atoms with van der Waals surface area (Å²) in [5.41, 5.74) is 0. The summed E-state index contributed by atoms with van der Waals surface area (Å²) in [4.78, 5) is 3.48. The average molecular weight is 237 g/mol. The van der Waals surface area contributed by atoms with E-state index in [0.29, 0.717) is 0 Å². The molecule has 0 aromatic carbocycles. The quantitative estimate of drug-likeness (QED) is 0.560. The van der Waals surface area contributed by atoms with Crippen molar-refractivity contribution in [2.45, 2.75) is 46.5 Å². The Morgan fingerprint density at radius 3 is 2.25 bits per heavy atom. The molecule has 0 aromatic rings. The van der Waals surface area contributed by atoms with E-state index in [0.717, 1.165) is 52.0 Å². The molecule has 0 heterocycles. The van der Waals surface area contributed by atoms with E-state index in [1.165, 1.54) is 0 Å². The molecule has 0 saturated carbocycles. The molecule has 0 unspecified atom stereocenters. The van der Waals surface area contributed by atoms with Crippen molar-refractivity contribution in [3.63, 3.8) is 0 Å². The van der Waals surface area contributed by atoms with Gasteiger partial charge in [0.1, 0.15) is 0 Å². The molecule has 0 spiro atoms. The van der Waals surface area contributed by atoms with Crippen LogP contribution >= 0.6 is 0 Å². The zero-order chi connectivity index (χ0) is 12.5. The van der Waals surface area contributed by atoms with E-state index >= 15 is 0 Å². The molecule has 3 nitrogen and oxygen atoms in total. The SMILES string of the molecule is CC.CCOCCNCCCCCCOF. The lowest BCUT2D eigenvalue weighted by Crippen LogP contribution is -2.20. The maximum atomic E-state index is 11.2. The third-order valence-corrected chi connectivity index (χ3v) is 1.95.